The molecular formula is C15H19NO5. The highest BCUT2D eigenvalue weighted by Crippen LogP contribution is 2.31. The molecule has 6 nitrogen and oxygen atoms in total. The molecule has 1 aromatic carbocycles. The summed E-state index contributed by atoms with van der Waals surface area (Å²) >= 11 is 0. The molecule has 1 aliphatic heterocycles. The Hall–Kier alpha value is -2.08. The van der Waals surface area contributed by atoms with Crippen LogP contribution in [0.5, 0.6) is 0 Å². The maximum Gasteiger partial charge on any atom is 0.408 e. The smallest absolute Gasteiger partial charge is 0.408 e. The second kappa shape index (κ2) is 6.58. The Labute approximate surface area is 123 Å². The van der Waals surface area contributed by atoms with Crippen molar-refractivity contribution in [2.24, 2.45) is 0 Å². The molecule has 0 saturated carbocycles. The first-order valence-electron chi connectivity index (χ1n) is 6.81. The lowest BCUT2D eigenvalue weighted by Crippen LogP contribution is -2.56. The van der Waals surface area contributed by atoms with E-state index in [9.17, 15) is 14.7 Å². The van der Waals surface area contributed by atoms with Crippen LogP contribution in [-0.4, -0.2) is 47.9 Å². The van der Waals surface area contributed by atoms with Gasteiger partial charge in [-0.3, -0.25) is 4.90 Å². The number of carbonyl (C=O) groups is 2. The number of esters is 1. The van der Waals surface area contributed by atoms with Crippen LogP contribution in [-0.2, 0) is 20.9 Å². The first-order valence-corrected chi connectivity index (χ1v) is 6.81. The molecule has 0 spiro atoms. The quantitative estimate of drug-likeness (QED) is 0.839. The maximum atomic E-state index is 12.1. The fourth-order valence-electron chi connectivity index (χ4n) is 2.68. The van der Waals surface area contributed by atoms with E-state index in [1.54, 1.807) is 0 Å². The number of amides is 1. The summed E-state index contributed by atoms with van der Waals surface area (Å²) in [6.07, 6.45) is -0.0853. The van der Waals surface area contributed by atoms with Crippen LogP contribution in [0.3, 0.4) is 0 Å². The van der Waals surface area contributed by atoms with Crippen LogP contribution < -0.4 is 0 Å². The predicted octanol–water partition coefficient (Wildman–Crippen LogP) is 1.89. The number of nitrogens with zero attached hydrogens (tertiary/aromatic N) is 1. The van der Waals surface area contributed by atoms with Gasteiger partial charge in [0, 0.05) is 6.54 Å². The summed E-state index contributed by atoms with van der Waals surface area (Å²) in [5.74, 6) is -0.560. The van der Waals surface area contributed by atoms with Crippen molar-refractivity contribution in [2.45, 2.75) is 25.0 Å². The minimum absolute atomic E-state index is 0.000861. The third-order valence-electron chi connectivity index (χ3n) is 3.74. The average molecular weight is 293 g/mol. The van der Waals surface area contributed by atoms with E-state index in [0.29, 0.717) is 26.0 Å². The molecule has 0 aromatic heterocycles. The lowest BCUT2D eigenvalue weighted by atomic mass is 9.97. The molecule has 21 heavy (non-hydrogen) atoms. The molecule has 0 bridgehead atoms. The van der Waals surface area contributed by atoms with E-state index in [4.69, 9.17) is 9.47 Å². The van der Waals surface area contributed by atoms with Crippen LogP contribution in [0.25, 0.3) is 0 Å². The van der Waals surface area contributed by atoms with Crippen molar-refractivity contribution in [3.8, 4) is 0 Å². The average Bonchev–Trinajstić information content (AvgIpc) is 2.93. The van der Waals surface area contributed by atoms with Gasteiger partial charge in [-0.05, 0) is 18.4 Å². The highest BCUT2D eigenvalue weighted by Gasteiger charge is 2.51. The van der Waals surface area contributed by atoms with Crippen molar-refractivity contribution >= 4 is 12.1 Å². The molecule has 1 fully saturated rings. The molecule has 1 saturated heterocycles. The standard InChI is InChI=1S/C15H19NO5/c1-20-13(17)15(8-5-9-16(15)14(18)19)11-21-10-12-6-3-2-4-7-12/h2-4,6-7H,5,8-11H2,1H3,(H,18,19)/t15-/m0/s1. The predicted molar refractivity (Wildman–Crippen MR) is 74.8 cm³/mol. The van der Waals surface area contributed by atoms with Crippen molar-refractivity contribution in [1.82, 2.24) is 4.90 Å². The fourth-order valence-corrected chi connectivity index (χ4v) is 2.68. The van der Waals surface area contributed by atoms with Crippen LogP contribution >= 0.6 is 0 Å². The molecular weight excluding hydrogens is 274 g/mol. The number of methoxy groups -OCH3 is 1. The van der Waals surface area contributed by atoms with E-state index in [-0.39, 0.29) is 6.61 Å². The van der Waals surface area contributed by atoms with Gasteiger partial charge in [-0.2, -0.15) is 0 Å². The summed E-state index contributed by atoms with van der Waals surface area (Å²) in [7, 11) is 1.26. The second-order valence-corrected chi connectivity index (χ2v) is 5.04. The molecule has 1 amide bonds. The van der Waals surface area contributed by atoms with Gasteiger partial charge >= 0.3 is 12.1 Å². The van der Waals surface area contributed by atoms with Gasteiger partial charge < -0.3 is 14.6 Å². The molecule has 0 radical (unpaired) electrons. The van der Waals surface area contributed by atoms with Gasteiger partial charge in [0.2, 0.25) is 0 Å². The molecule has 2 rings (SSSR count). The summed E-state index contributed by atoms with van der Waals surface area (Å²) in [6.45, 7) is 0.646. The fraction of sp³-hybridized carbons (Fsp3) is 0.467. The molecule has 1 heterocycles. The lowest BCUT2D eigenvalue weighted by Gasteiger charge is -2.33. The number of hydrogen-bond acceptors (Lipinski definition) is 4. The highest BCUT2D eigenvalue weighted by atomic mass is 16.5. The third kappa shape index (κ3) is 3.16. The number of carbonyl (C=O) groups excluding carboxylic acids is 1. The van der Waals surface area contributed by atoms with Crippen LogP contribution in [0.4, 0.5) is 4.79 Å². The molecule has 114 valence electrons. The Balaban J connectivity index is 2.07. The molecule has 1 atom stereocenters. The molecule has 6 heteroatoms. The van der Waals surface area contributed by atoms with E-state index >= 15 is 0 Å². The van der Waals surface area contributed by atoms with E-state index in [1.165, 1.54) is 7.11 Å². The molecule has 1 aliphatic rings. The second-order valence-electron chi connectivity index (χ2n) is 5.04. The Morgan fingerprint density at radius 3 is 2.67 bits per heavy atom. The first-order chi connectivity index (χ1) is 10.1. The Kier molecular flexibility index (Phi) is 4.80. The number of hydrogen-bond donors (Lipinski definition) is 1. The van der Waals surface area contributed by atoms with Crippen LogP contribution in [0.2, 0.25) is 0 Å². The van der Waals surface area contributed by atoms with Gasteiger partial charge in [-0.1, -0.05) is 30.3 Å². The van der Waals surface area contributed by atoms with Crippen molar-refractivity contribution in [3.05, 3.63) is 35.9 Å². The van der Waals surface area contributed by atoms with Crippen molar-refractivity contribution in [1.29, 1.82) is 0 Å². The van der Waals surface area contributed by atoms with Gasteiger partial charge in [0.1, 0.15) is 0 Å². The van der Waals surface area contributed by atoms with Gasteiger partial charge in [0.25, 0.3) is 0 Å². The van der Waals surface area contributed by atoms with Crippen LogP contribution in [0.1, 0.15) is 18.4 Å². The summed E-state index contributed by atoms with van der Waals surface area (Å²) in [5.41, 5.74) is -0.257. The van der Waals surface area contributed by atoms with Crippen LogP contribution in [0.15, 0.2) is 30.3 Å². The van der Waals surface area contributed by atoms with Crippen molar-refractivity contribution in [2.75, 3.05) is 20.3 Å². The van der Waals surface area contributed by atoms with E-state index in [0.717, 1.165) is 10.5 Å². The molecule has 0 aliphatic carbocycles. The summed E-state index contributed by atoms with van der Waals surface area (Å²) in [4.78, 5) is 24.5. The Morgan fingerprint density at radius 1 is 1.33 bits per heavy atom. The third-order valence-corrected chi connectivity index (χ3v) is 3.74. The van der Waals surface area contributed by atoms with Gasteiger partial charge in [-0.15, -0.1) is 0 Å². The zero-order valence-corrected chi connectivity index (χ0v) is 11.9. The van der Waals surface area contributed by atoms with Crippen LogP contribution in [0, 0.1) is 0 Å². The Morgan fingerprint density at radius 2 is 2.05 bits per heavy atom. The number of likely N-dealkylation sites (tertiary alicyclic amines) is 1. The van der Waals surface area contributed by atoms with E-state index in [2.05, 4.69) is 0 Å². The summed E-state index contributed by atoms with van der Waals surface area (Å²) in [6, 6.07) is 9.52. The van der Waals surface area contributed by atoms with E-state index < -0.39 is 17.6 Å². The first kappa shape index (κ1) is 15.3. The van der Waals surface area contributed by atoms with Crippen molar-refractivity contribution in [3.63, 3.8) is 0 Å². The highest BCUT2D eigenvalue weighted by molar-refractivity contribution is 5.86. The monoisotopic (exact) mass is 293 g/mol. The zero-order valence-electron chi connectivity index (χ0n) is 11.9. The van der Waals surface area contributed by atoms with Gasteiger partial charge in [0.15, 0.2) is 5.54 Å². The summed E-state index contributed by atoms with van der Waals surface area (Å²) < 4.78 is 10.4. The zero-order chi connectivity index (χ0) is 15.3. The molecule has 1 N–H and O–H groups in total. The molecule has 1 aromatic rings. The number of benzene rings is 1. The minimum atomic E-state index is -1.23. The normalized spacial score (nSPS) is 21.3. The number of rotatable bonds is 5. The van der Waals surface area contributed by atoms with Crippen molar-refractivity contribution < 1.29 is 24.2 Å². The minimum Gasteiger partial charge on any atom is -0.467 e. The maximum absolute atomic E-state index is 12.1. The SMILES string of the molecule is COC(=O)[C@@]1(COCc2ccccc2)CCCN1C(=O)O. The van der Waals surface area contributed by atoms with E-state index in [1.807, 2.05) is 30.3 Å². The number of carboxylic acid groups (broad SMARTS) is 1. The van der Waals surface area contributed by atoms with Gasteiger partial charge in [0.05, 0.1) is 20.3 Å². The summed E-state index contributed by atoms with van der Waals surface area (Å²) in [5, 5.41) is 9.27. The van der Waals surface area contributed by atoms with Gasteiger partial charge in [-0.25, -0.2) is 9.59 Å². The number of ether oxygens (including phenoxy) is 2. The molecule has 0 unspecified atom stereocenters. The lowest BCUT2D eigenvalue weighted by molar-refractivity contribution is -0.156. The topological polar surface area (TPSA) is 76.1 Å². The largest absolute Gasteiger partial charge is 0.467 e. The Bertz CT molecular complexity index is 504.